The molecule has 0 radical (unpaired) electrons. The normalized spacial score (nSPS) is 10.7. The van der Waals surface area contributed by atoms with Gasteiger partial charge < -0.3 is 16.2 Å². The first-order chi connectivity index (χ1) is 9.06. The van der Waals surface area contributed by atoms with E-state index in [-0.39, 0.29) is 5.75 Å². The molecule has 0 fully saturated rings. The van der Waals surface area contributed by atoms with E-state index >= 15 is 0 Å². The lowest BCUT2D eigenvalue weighted by Crippen LogP contribution is -2.04. The van der Waals surface area contributed by atoms with Crippen LogP contribution in [0.25, 0.3) is 0 Å². The van der Waals surface area contributed by atoms with Crippen molar-refractivity contribution < 1.29 is 5.11 Å². The third-order valence-electron chi connectivity index (χ3n) is 2.84. The number of nitrogens with two attached hydrogens (primary N) is 1. The van der Waals surface area contributed by atoms with Gasteiger partial charge in [-0.1, -0.05) is 13.8 Å². The highest BCUT2D eigenvalue weighted by Gasteiger charge is 2.05. The molecule has 0 amide bonds. The fraction of sp³-hybridized carbons (Fsp3) is 0.286. The van der Waals surface area contributed by atoms with Gasteiger partial charge in [0.15, 0.2) is 0 Å². The second kappa shape index (κ2) is 5.56. The van der Waals surface area contributed by atoms with Gasteiger partial charge in [-0.15, -0.1) is 0 Å². The molecule has 2 rings (SSSR count). The first-order valence-electron chi connectivity index (χ1n) is 6.19. The van der Waals surface area contributed by atoms with Crippen molar-refractivity contribution in [1.82, 2.24) is 9.97 Å². The van der Waals surface area contributed by atoms with Crippen LogP contribution in [-0.2, 0) is 6.54 Å². The molecule has 100 valence electrons. The Labute approximate surface area is 112 Å². The number of nitrogens with one attached hydrogen (secondary N) is 1. The first kappa shape index (κ1) is 13.1. The topological polar surface area (TPSA) is 84.1 Å². The Kier molecular flexibility index (Phi) is 3.85. The number of phenols is 1. The van der Waals surface area contributed by atoms with Crippen molar-refractivity contribution in [3.8, 4) is 5.75 Å². The van der Waals surface area contributed by atoms with E-state index in [4.69, 9.17) is 5.73 Å². The van der Waals surface area contributed by atoms with Crippen molar-refractivity contribution in [3.63, 3.8) is 0 Å². The van der Waals surface area contributed by atoms with Crippen molar-refractivity contribution in [1.29, 1.82) is 0 Å². The molecular formula is C14H18N4O. The number of hydrogen-bond acceptors (Lipinski definition) is 5. The van der Waals surface area contributed by atoms with Gasteiger partial charge in [-0.3, -0.25) is 0 Å². The maximum Gasteiger partial charge on any atom is 0.129 e. The molecule has 0 spiro atoms. The van der Waals surface area contributed by atoms with E-state index in [1.54, 1.807) is 18.2 Å². The standard InChI is InChI=1S/C14H18N4O/c1-9(2)12-6-14(18-8-17-12)16-7-10-5-11(15)3-4-13(10)19/h3-6,8-9,19H,7,15H2,1-2H3,(H,16,17,18). The van der Waals surface area contributed by atoms with Crippen molar-refractivity contribution in [2.45, 2.75) is 26.3 Å². The van der Waals surface area contributed by atoms with Crippen LogP contribution in [0.2, 0.25) is 0 Å². The minimum Gasteiger partial charge on any atom is -0.508 e. The van der Waals surface area contributed by atoms with Gasteiger partial charge in [0, 0.05) is 29.6 Å². The molecule has 0 aliphatic rings. The zero-order valence-electron chi connectivity index (χ0n) is 11.1. The number of hydrogen-bond donors (Lipinski definition) is 3. The summed E-state index contributed by atoms with van der Waals surface area (Å²) in [5.41, 5.74) is 8.04. The summed E-state index contributed by atoms with van der Waals surface area (Å²) in [6.07, 6.45) is 1.54. The summed E-state index contributed by atoms with van der Waals surface area (Å²) in [5, 5.41) is 12.9. The third kappa shape index (κ3) is 3.34. The minimum atomic E-state index is 0.222. The van der Waals surface area contributed by atoms with Crippen molar-refractivity contribution in [2.75, 3.05) is 11.1 Å². The van der Waals surface area contributed by atoms with E-state index in [1.165, 1.54) is 6.33 Å². The van der Waals surface area contributed by atoms with Gasteiger partial charge in [-0.05, 0) is 24.1 Å². The predicted molar refractivity (Wildman–Crippen MR) is 76.0 cm³/mol. The van der Waals surface area contributed by atoms with Crippen LogP contribution in [0.3, 0.4) is 0 Å². The molecule has 5 heteroatoms. The zero-order chi connectivity index (χ0) is 13.8. The van der Waals surface area contributed by atoms with Crippen molar-refractivity contribution in [2.24, 2.45) is 0 Å². The van der Waals surface area contributed by atoms with Crippen LogP contribution < -0.4 is 11.1 Å². The minimum absolute atomic E-state index is 0.222. The van der Waals surface area contributed by atoms with Crippen LogP contribution in [0.15, 0.2) is 30.6 Å². The molecule has 0 atom stereocenters. The van der Waals surface area contributed by atoms with Gasteiger partial charge in [0.25, 0.3) is 0 Å². The largest absolute Gasteiger partial charge is 0.508 e. The lowest BCUT2D eigenvalue weighted by molar-refractivity contribution is 0.469. The summed E-state index contributed by atoms with van der Waals surface area (Å²) >= 11 is 0. The number of nitrogen functional groups attached to an aromatic ring is 1. The van der Waals surface area contributed by atoms with Gasteiger partial charge in [-0.25, -0.2) is 9.97 Å². The molecule has 0 aliphatic heterocycles. The quantitative estimate of drug-likeness (QED) is 0.579. The maximum absolute atomic E-state index is 9.73. The van der Waals surface area contributed by atoms with Gasteiger partial charge in [-0.2, -0.15) is 0 Å². The van der Waals surface area contributed by atoms with Gasteiger partial charge in [0.2, 0.25) is 0 Å². The molecule has 1 aromatic heterocycles. The van der Waals surface area contributed by atoms with E-state index in [2.05, 4.69) is 29.1 Å². The summed E-state index contributed by atoms with van der Waals surface area (Å²) in [5.74, 6) is 1.31. The summed E-state index contributed by atoms with van der Waals surface area (Å²) < 4.78 is 0. The number of benzene rings is 1. The second-order valence-electron chi connectivity index (χ2n) is 4.72. The van der Waals surface area contributed by atoms with Gasteiger partial charge >= 0.3 is 0 Å². The summed E-state index contributed by atoms with van der Waals surface area (Å²) in [6.45, 7) is 4.62. The fourth-order valence-corrected chi connectivity index (χ4v) is 1.72. The molecule has 0 unspecified atom stereocenters. The molecule has 1 heterocycles. The predicted octanol–water partition coefficient (Wildman–Crippen LogP) is 2.50. The maximum atomic E-state index is 9.73. The summed E-state index contributed by atoms with van der Waals surface area (Å²) in [4.78, 5) is 8.36. The molecular weight excluding hydrogens is 240 g/mol. The highest BCUT2D eigenvalue weighted by Crippen LogP contribution is 2.21. The number of phenolic OH excluding ortho intramolecular Hbond substituents is 1. The smallest absolute Gasteiger partial charge is 0.129 e. The highest BCUT2D eigenvalue weighted by atomic mass is 16.3. The van der Waals surface area contributed by atoms with Crippen LogP contribution in [0, 0.1) is 0 Å². The Morgan fingerprint density at radius 2 is 2.05 bits per heavy atom. The van der Waals surface area contributed by atoms with Crippen LogP contribution in [0.4, 0.5) is 11.5 Å². The van der Waals surface area contributed by atoms with Crippen LogP contribution in [-0.4, -0.2) is 15.1 Å². The van der Waals surface area contributed by atoms with Gasteiger partial charge in [0.05, 0.1) is 0 Å². The lowest BCUT2D eigenvalue weighted by Gasteiger charge is -2.10. The Balaban J connectivity index is 2.10. The molecule has 2 aromatic rings. The first-order valence-corrected chi connectivity index (χ1v) is 6.19. The Morgan fingerprint density at radius 1 is 1.26 bits per heavy atom. The molecule has 4 N–H and O–H groups in total. The van der Waals surface area contributed by atoms with Crippen molar-refractivity contribution in [3.05, 3.63) is 41.9 Å². The zero-order valence-corrected chi connectivity index (χ0v) is 11.1. The van der Waals surface area contributed by atoms with E-state index in [0.29, 0.717) is 18.2 Å². The van der Waals surface area contributed by atoms with Crippen LogP contribution in [0.5, 0.6) is 5.75 Å². The summed E-state index contributed by atoms with van der Waals surface area (Å²) in [6, 6.07) is 6.91. The second-order valence-corrected chi connectivity index (χ2v) is 4.72. The van der Waals surface area contributed by atoms with Crippen LogP contribution >= 0.6 is 0 Å². The number of aromatic nitrogens is 2. The number of nitrogens with zero attached hydrogens (tertiary/aromatic N) is 2. The van der Waals surface area contributed by atoms with E-state index < -0.39 is 0 Å². The third-order valence-corrected chi connectivity index (χ3v) is 2.84. The molecule has 0 aliphatic carbocycles. The molecule has 19 heavy (non-hydrogen) atoms. The van der Waals surface area contributed by atoms with Gasteiger partial charge in [0.1, 0.15) is 17.9 Å². The molecule has 0 bridgehead atoms. The number of anilines is 2. The summed E-state index contributed by atoms with van der Waals surface area (Å²) in [7, 11) is 0. The molecule has 0 saturated heterocycles. The Morgan fingerprint density at radius 3 is 2.79 bits per heavy atom. The van der Waals surface area contributed by atoms with E-state index in [0.717, 1.165) is 17.1 Å². The Bertz CT molecular complexity index is 569. The van der Waals surface area contributed by atoms with Crippen molar-refractivity contribution >= 4 is 11.5 Å². The van der Waals surface area contributed by atoms with E-state index in [9.17, 15) is 5.11 Å². The molecule has 5 nitrogen and oxygen atoms in total. The monoisotopic (exact) mass is 258 g/mol. The average Bonchev–Trinajstić information content (AvgIpc) is 2.40. The number of aromatic hydroxyl groups is 1. The fourth-order valence-electron chi connectivity index (χ4n) is 1.72. The average molecular weight is 258 g/mol. The van der Waals surface area contributed by atoms with E-state index in [1.807, 2.05) is 6.07 Å². The Hall–Kier alpha value is -2.30. The SMILES string of the molecule is CC(C)c1cc(NCc2cc(N)ccc2O)ncn1. The number of rotatable bonds is 4. The molecule has 1 aromatic carbocycles. The van der Waals surface area contributed by atoms with Crippen LogP contribution in [0.1, 0.15) is 31.0 Å². The lowest BCUT2D eigenvalue weighted by atomic mass is 10.1. The highest BCUT2D eigenvalue weighted by molar-refractivity contribution is 5.49. The molecule has 0 saturated carbocycles.